The summed E-state index contributed by atoms with van der Waals surface area (Å²) in [6, 6.07) is 27.9. The Morgan fingerprint density at radius 2 is 1.35 bits per heavy atom. The molecule has 37 heavy (non-hydrogen) atoms. The molecule has 180 valence electrons. The molecule has 1 fully saturated rings. The van der Waals surface area contributed by atoms with Crippen LogP contribution >= 0.6 is 0 Å². The van der Waals surface area contributed by atoms with Gasteiger partial charge in [0.15, 0.2) is 0 Å². The number of hydrogen-bond acceptors (Lipinski definition) is 4. The molecule has 1 saturated carbocycles. The molecule has 0 spiro atoms. The zero-order valence-corrected chi connectivity index (χ0v) is 19.6. The first-order valence-corrected chi connectivity index (χ1v) is 12.4. The van der Waals surface area contributed by atoms with Crippen molar-refractivity contribution >= 4 is 0 Å². The number of hydrogen-bond donors (Lipinski definition) is 0. The minimum Gasteiger partial charge on any atom is -0.594 e. The molecule has 8 rings (SSSR count). The van der Waals surface area contributed by atoms with Crippen LogP contribution in [-0.2, 0) is 0 Å². The lowest BCUT2D eigenvalue weighted by Gasteiger charge is -2.27. The molecule has 0 radical (unpaired) electrons. The highest BCUT2D eigenvalue weighted by Crippen LogP contribution is 2.68. The third kappa shape index (κ3) is 2.51. The molecule has 4 atom stereocenters. The molecule has 4 bridgehead atoms. The maximum atomic E-state index is 13.7. The average Bonchev–Trinajstić information content (AvgIpc) is 3.64. The van der Waals surface area contributed by atoms with Crippen LogP contribution in [0, 0.1) is 5.21 Å². The number of rotatable bonds is 3. The number of nitrogens with zero attached hydrogens (tertiary/aromatic N) is 5. The lowest BCUT2D eigenvalue weighted by molar-refractivity contribution is -0.657. The van der Waals surface area contributed by atoms with Gasteiger partial charge in [-0.1, -0.05) is 66.7 Å². The van der Waals surface area contributed by atoms with Gasteiger partial charge in [-0.3, -0.25) is 0 Å². The van der Waals surface area contributed by atoms with E-state index in [4.69, 9.17) is 0 Å². The summed E-state index contributed by atoms with van der Waals surface area (Å²) in [6.07, 6.45) is 0.707. The summed E-state index contributed by atoms with van der Waals surface area (Å²) < 4.78 is 4.56. The van der Waals surface area contributed by atoms with Gasteiger partial charge in [0.2, 0.25) is 0 Å². The van der Waals surface area contributed by atoms with E-state index in [1.165, 1.54) is 4.57 Å². The Kier molecular flexibility index (Phi) is 3.96. The quantitative estimate of drug-likeness (QED) is 0.288. The van der Waals surface area contributed by atoms with E-state index in [2.05, 4.69) is 5.10 Å². The summed E-state index contributed by atoms with van der Waals surface area (Å²) in [5, 5.41) is 18.0. The van der Waals surface area contributed by atoms with Crippen LogP contribution in [0.15, 0.2) is 101 Å². The van der Waals surface area contributed by atoms with Gasteiger partial charge in [0.05, 0.1) is 23.3 Å². The predicted molar refractivity (Wildman–Crippen MR) is 137 cm³/mol. The molecule has 2 aliphatic carbocycles. The van der Waals surface area contributed by atoms with Gasteiger partial charge in [-0.15, -0.1) is 0 Å². The first-order chi connectivity index (χ1) is 18.1. The van der Waals surface area contributed by atoms with Crippen molar-refractivity contribution in [2.75, 3.05) is 0 Å². The Bertz CT molecular complexity index is 1820. The normalized spacial score (nSPS) is 22.3. The van der Waals surface area contributed by atoms with E-state index in [1.807, 2.05) is 78.9 Å². The molecule has 3 aliphatic rings. The maximum Gasteiger partial charge on any atom is 0.352 e. The van der Waals surface area contributed by atoms with Gasteiger partial charge >= 0.3 is 11.4 Å². The first-order valence-electron chi connectivity index (χ1n) is 12.4. The zero-order valence-electron chi connectivity index (χ0n) is 19.6. The Morgan fingerprint density at radius 3 is 2.03 bits per heavy atom. The van der Waals surface area contributed by atoms with Crippen LogP contribution < -0.4 is 16.2 Å². The minimum atomic E-state index is -0.336. The lowest BCUT2D eigenvalue weighted by Crippen LogP contribution is -2.38. The molecular weight excluding hydrogens is 466 g/mol. The second-order valence-corrected chi connectivity index (χ2v) is 9.98. The molecule has 8 heteroatoms. The van der Waals surface area contributed by atoms with E-state index in [0.29, 0.717) is 23.5 Å². The van der Waals surface area contributed by atoms with Gasteiger partial charge in [0, 0.05) is 33.6 Å². The third-order valence-corrected chi connectivity index (χ3v) is 8.29. The molecule has 1 aliphatic heterocycles. The van der Waals surface area contributed by atoms with Crippen molar-refractivity contribution in [1.29, 1.82) is 0 Å². The van der Waals surface area contributed by atoms with Crippen LogP contribution in [0.3, 0.4) is 0 Å². The Balaban J connectivity index is 1.40. The van der Waals surface area contributed by atoms with Gasteiger partial charge in [0.1, 0.15) is 5.69 Å². The van der Waals surface area contributed by atoms with Crippen LogP contribution in [0.5, 0.6) is 0 Å². The van der Waals surface area contributed by atoms with Crippen molar-refractivity contribution in [1.82, 2.24) is 19.0 Å². The van der Waals surface area contributed by atoms with Crippen LogP contribution in [0.25, 0.3) is 28.2 Å². The summed E-state index contributed by atoms with van der Waals surface area (Å²) >= 11 is 0. The molecular formula is C29H21N5O3. The van der Waals surface area contributed by atoms with Crippen molar-refractivity contribution in [3.8, 4) is 28.2 Å². The Morgan fingerprint density at radius 1 is 0.757 bits per heavy atom. The maximum absolute atomic E-state index is 13.7. The Labute approximate surface area is 210 Å². The fourth-order valence-corrected chi connectivity index (χ4v) is 7.03. The largest absolute Gasteiger partial charge is 0.594 e. The molecule has 0 saturated heterocycles. The number of fused-ring (bicyclic) bond motifs is 4. The van der Waals surface area contributed by atoms with Crippen LogP contribution in [0.2, 0.25) is 0 Å². The summed E-state index contributed by atoms with van der Waals surface area (Å²) in [6.45, 7) is 0. The highest BCUT2D eigenvalue weighted by atomic mass is 16.5. The van der Waals surface area contributed by atoms with Crippen molar-refractivity contribution in [3.05, 3.63) is 128 Å². The fraction of sp³-hybridized carbons (Fsp3) is 0.172. The van der Waals surface area contributed by atoms with Crippen LogP contribution in [0.4, 0.5) is 0 Å². The van der Waals surface area contributed by atoms with Gasteiger partial charge in [-0.2, -0.15) is 0 Å². The molecule has 8 nitrogen and oxygen atoms in total. The lowest BCUT2D eigenvalue weighted by atomic mass is 9.84. The number of para-hydroxylation sites is 1. The number of aromatic nitrogens is 5. The van der Waals surface area contributed by atoms with Gasteiger partial charge in [-0.05, 0) is 35.5 Å². The van der Waals surface area contributed by atoms with E-state index in [9.17, 15) is 14.8 Å². The standard InChI is InChI=1S/C29H21N5O3/c35-28-31(19-14-8-3-9-15-19)29(36)33-27-20-16-21(32(28)33)23(27)24-22(20)26(18-12-6-2-7-13-18)34(37)30-25(24)17-10-4-1-5-11-17/h1-15,20-21,23,27H,16H2/t20-,21+,23+,27?/m0/s1. The predicted octanol–water partition coefficient (Wildman–Crippen LogP) is 3.54. The Hall–Kier alpha value is -4.72. The summed E-state index contributed by atoms with van der Waals surface area (Å²) in [4.78, 5) is 28.1. The highest BCUT2D eigenvalue weighted by molar-refractivity contribution is 5.74. The summed E-state index contributed by atoms with van der Waals surface area (Å²) in [5.74, 6) is -0.160. The topological polar surface area (TPSA) is 88.8 Å². The monoisotopic (exact) mass is 487 g/mol. The molecule has 5 aromatic rings. The van der Waals surface area contributed by atoms with E-state index < -0.39 is 0 Å². The van der Waals surface area contributed by atoms with E-state index in [1.54, 1.807) is 21.5 Å². The SMILES string of the molecule is O=c1n(-c2ccccc2)c(=O)n2n1C1[C@H]3c4c(-c5ccccc5)n[n+]([O-])c(-c5ccccc5)c4[C@@H]1C[C@H]32. The van der Waals surface area contributed by atoms with Crippen LogP contribution in [0.1, 0.15) is 41.5 Å². The minimum absolute atomic E-state index is 0.0606. The van der Waals surface area contributed by atoms with Gasteiger partial charge in [-0.25, -0.2) is 23.5 Å². The smallest absolute Gasteiger partial charge is 0.352 e. The van der Waals surface area contributed by atoms with Crippen molar-refractivity contribution < 1.29 is 4.85 Å². The summed E-state index contributed by atoms with van der Waals surface area (Å²) in [5.41, 5.74) is 4.69. The van der Waals surface area contributed by atoms with Gasteiger partial charge < -0.3 is 5.21 Å². The first kappa shape index (κ1) is 20.5. The molecule has 3 aromatic carbocycles. The summed E-state index contributed by atoms with van der Waals surface area (Å²) in [7, 11) is 0. The van der Waals surface area contributed by atoms with Crippen molar-refractivity contribution in [2.45, 2.75) is 30.3 Å². The zero-order chi connectivity index (χ0) is 24.8. The van der Waals surface area contributed by atoms with Gasteiger partial charge in [0.25, 0.3) is 5.69 Å². The number of benzene rings is 3. The molecule has 3 heterocycles. The molecule has 1 unspecified atom stereocenters. The van der Waals surface area contributed by atoms with Crippen molar-refractivity contribution in [3.63, 3.8) is 0 Å². The van der Waals surface area contributed by atoms with E-state index in [-0.39, 0.29) is 35.3 Å². The molecule has 0 N–H and O–H groups in total. The van der Waals surface area contributed by atoms with E-state index in [0.717, 1.165) is 27.1 Å². The fourth-order valence-electron chi connectivity index (χ4n) is 7.03. The molecule has 2 aromatic heterocycles. The second kappa shape index (κ2) is 7.16. The van der Waals surface area contributed by atoms with Crippen LogP contribution in [-0.4, -0.2) is 19.0 Å². The van der Waals surface area contributed by atoms with E-state index >= 15 is 0 Å². The average molecular weight is 488 g/mol. The van der Waals surface area contributed by atoms with Crippen molar-refractivity contribution in [2.24, 2.45) is 0 Å². The highest BCUT2D eigenvalue weighted by Gasteiger charge is 2.63. The third-order valence-electron chi connectivity index (χ3n) is 8.29. The second-order valence-electron chi connectivity index (χ2n) is 9.98. The molecule has 0 amide bonds.